The summed E-state index contributed by atoms with van der Waals surface area (Å²) >= 11 is 1.59. The second-order valence-electron chi connectivity index (χ2n) is 4.86. The molecule has 0 heterocycles. The summed E-state index contributed by atoms with van der Waals surface area (Å²) in [6.07, 6.45) is 7.66. The number of isocyanates is 1. The molecule has 0 unspecified atom stereocenters. The third-order valence-electron chi connectivity index (χ3n) is 3.89. The highest BCUT2D eigenvalue weighted by Gasteiger charge is 2.36. The number of nitrogens with zero attached hydrogens (tertiary/aromatic N) is 1. The molecule has 20 heavy (non-hydrogen) atoms. The Kier molecular flexibility index (Phi) is 4.73. The Labute approximate surface area is 123 Å². The number of ether oxygens (including phenoxy) is 2. The lowest BCUT2D eigenvalue weighted by Gasteiger charge is -2.25. The number of carbonyl (C=O) groups excluding carboxylic acids is 1. The van der Waals surface area contributed by atoms with Gasteiger partial charge < -0.3 is 9.47 Å². The Morgan fingerprint density at radius 1 is 1.25 bits per heavy atom. The van der Waals surface area contributed by atoms with E-state index in [9.17, 15) is 4.79 Å². The van der Waals surface area contributed by atoms with Crippen LogP contribution >= 0.6 is 11.8 Å². The van der Waals surface area contributed by atoms with Gasteiger partial charge in [-0.25, -0.2) is 4.79 Å². The highest BCUT2D eigenvalue weighted by Crippen LogP contribution is 2.47. The van der Waals surface area contributed by atoms with Gasteiger partial charge in [-0.1, -0.05) is 12.8 Å². The lowest BCUT2D eigenvalue weighted by molar-refractivity contribution is 0.345. The van der Waals surface area contributed by atoms with Crippen LogP contribution in [0.5, 0.6) is 11.5 Å². The molecule has 0 bridgehead atoms. The summed E-state index contributed by atoms with van der Waals surface area (Å²) in [4.78, 5) is 15.9. The van der Waals surface area contributed by atoms with E-state index in [2.05, 4.69) is 11.1 Å². The number of methoxy groups -OCH3 is 2. The van der Waals surface area contributed by atoms with Crippen molar-refractivity contribution in [2.75, 3.05) is 20.5 Å². The van der Waals surface area contributed by atoms with Gasteiger partial charge in [0.1, 0.15) is 0 Å². The molecule has 0 amide bonds. The molecule has 1 aromatic rings. The number of rotatable bonds is 5. The van der Waals surface area contributed by atoms with E-state index in [0.29, 0.717) is 5.75 Å². The van der Waals surface area contributed by atoms with Crippen LogP contribution in [0, 0.1) is 0 Å². The molecule has 2 rings (SSSR count). The highest BCUT2D eigenvalue weighted by atomic mass is 32.2. The number of hydrogen-bond acceptors (Lipinski definition) is 5. The number of hydrogen-bond donors (Lipinski definition) is 0. The van der Waals surface area contributed by atoms with Crippen LogP contribution in [-0.4, -0.2) is 26.6 Å². The van der Waals surface area contributed by atoms with E-state index in [0.717, 1.165) is 41.9 Å². The Hall–Kier alpha value is -1.45. The highest BCUT2D eigenvalue weighted by molar-refractivity contribution is 7.98. The van der Waals surface area contributed by atoms with E-state index in [1.54, 1.807) is 32.1 Å². The summed E-state index contributed by atoms with van der Waals surface area (Å²) in [5.41, 5.74) is 0.576. The third-order valence-corrected chi connectivity index (χ3v) is 4.64. The summed E-state index contributed by atoms with van der Waals surface area (Å²) in [6.45, 7) is 0. The minimum absolute atomic E-state index is 0.439. The second kappa shape index (κ2) is 6.33. The molecule has 1 aromatic carbocycles. The van der Waals surface area contributed by atoms with Crippen molar-refractivity contribution in [3.8, 4) is 11.5 Å². The van der Waals surface area contributed by atoms with Gasteiger partial charge in [-0.3, -0.25) is 0 Å². The quantitative estimate of drug-likeness (QED) is 0.473. The van der Waals surface area contributed by atoms with Gasteiger partial charge in [0.2, 0.25) is 6.08 Å². The van der Waals surface area contributed by atoms with Crippen LogP contribution in [0.3, 0.4) is 0 Å². The zero-order valence-electron chi connectivity index (χ0n) is 12.1. The lowest BCUT2D eigenvalue weighted by Crippen LogP contribution is -2.19. The smallest absolute Gasteiger partial charge is 0.235 e. The Bertz CT molecular complexity index is 507. The van der Waals surface area contributed by atoms with E-state index in [-0.39, 0.29) is 0 Å². The van der Waals surface area contributed by atoms with Crippen LogP contribution in [0.25, 0.3) is 0 Å². The van der Waals surface area contributed by atoms with Crippen molar-refractivity contribution < 1.29 is 14.3 Å². The van der Waals surface area contributed by atoms with E-state index in [1.165, 1.54) is 0 Å². The number of thioether (sulfide) groups is 1. The first kappa shape index (κ1) is 14.9. The molecular weight excluding hydrogens is 274 g/mol. The fourth-order valence-corrected chi connectivity index (χ4v) is 3.48. The first-order valence-corrected chi connectivity index (χ1v) is 7.83. The van der Waals surface area contributed by atoms with Crippen molar-refractivity contribution in [3.63, 3.8) is 0 Å². The van der Waals surface area contributed by atoms with Crippen LogP contribution in [0.4, 0.5) is 0 Å². The molecule has 1 aliphatic carbocycles. The Morgan fingerprint density at radius 3 is 2.45 bits per heavy atom. The first-order valence-electron chi connectivity index (χ1n) is 6.60. The van der Waals surface area contributed by atoms with Gasteiger partial charge in [0.25, 0.3) is 0 Å². The molecule has 1 fully saturated rings. The number of benzene rings is 1. The minimum atomic E-state index is -0.439. The summed E-state index contributed by atoms with van der Waals surface area (Å²) in [5.74, 6) is 1.41. The fraction of sp³-hybridized carbons (Fsp3) is 0.533. The van der Waals surface area contributed by atoms with Crippen LogP contribution in [-0.2, 0) is 10.3 Å². The van der Waals surface area contributed by atoms with E-state index >= 15 is 0 Å². The molecule has 4 nitrogen and oxygen atoms in total. The maximum Gasteiger partial charge on any atom is 0.235 e. The lowest BCUT2D eigenvalue weighted by atomic mass is 9.88. The molecule has 0 radical (unpaired) electrons. The molecule has 0 aromatic heterocycles. The van der Waals surface area contributed by atoms with Gasteiger partial charge in [0.05, 0.1) is 24.7 Å². The van der Waals surface area contributed by atoms with Crippen LogP contribution in [0.15, 0.2) is 22.0 Å². The zero-order valence-corrected chi connectivity index (χ0v) is 12.9. The molecule has 1 saturated carbocycles. The standard InChI is InChI=1S/C15H19NO3S/c1-18-12-8-11(9-13(20-3)14(12)19-2)15(16-10-17)6-4-5-7-15/h8-9H,4-7H2,1-3H3. The SMILES string of the molecule is COc1cc(C2(N=C=O)CCCC2)cc(SC)c1OC. The topological polar surface area (TPSA) is 47.9 Å². The molecule has 5 heteroatoms. The van der Waals surface area contributed by atoms with Crippen LogP contribution < -0.4 is 9.47 Å². The average Bonchev–Trinajstić information content (AvgIpc) is 2.95. The van der Waals surface area contributed by atoms with Crippen molar-refractivity contribution in [2.45, 2.75) is 36.1 Å². The Morgan fingerprint density at radius 2 is 1.95 bits per heavy atom. The summed E-state index contributed by atoms with van der Waals surface area (Å²) in [7, 11) is 3.25. The molecule has 1 aliphatic rings. The van der Waals surface area contributed by atoms with Gasteiger partial charge in [-0.2, -0.15) is 4.99 Å². The predicted octanol–water partition coefficient (Wildman–Crippen LogP) is 3.53. The van der Waals surface area contributed by atoms with E-state index in [1.807, 2.05) is 12.3 Å². The summed E-state index contributed by atoms with van der Waals surface area (Å²) in [5, 5.41) is 0. The van der Waals surface area contributed by atoms with Crippen LogP contribution in [0.1, 0.15) is 31.2 Å². The first-order chi connectivity index (χ1) is 9.70. The van der Waals surface area contributed by atoms with Crippen molar-refractivity contribution in [1.82, 2.24) is 0 Å². The fourth-order valence-electron chi connectivity index (χ4n) is 2.86. The largest absolute Gasteiger partial charge is 0.493 e. The monoisotopic (exact) mass is 293 g/mol. The van der Waals surface area contributed by atoms with E-state index < -0.39 is 5.54 Å². The molecular formula is C15H19NO3S. The van der Waals surface area contributed by atoms with Gasteiger partial charge in [0, 0.05) is 0 Å². The molecule has 0 N–H and O–H groups in total. The maximum atomic E-state index is 10.8. The maximum absolute atomic E-state index is 10.8. The molecule has 108 valence electrons. The molecule has 0 atom stereocenters. The van der Waals surface area contributed by atoms with Crippen molar-refractivity contribution in [1.29, 1.82) is 0 Å². The van der Waals surface area contributed by atoms with Crippen molar-refractivity contribution >= 4 is 17.8 Å². The third kappa shape index (κ3) is 2.56. The minimum Gasteiger partial charge on any atom is -0.493 e. The molecule has 0 saturated heterocycles. The van der Waals surface area contributed by atoms with Gasteiger partial charge in [-0.15, -0.1) is 11.8 Å². The summed E-state index contributed by atoms with van der Waals surface area (Å²) < 4.78 is 10.8. The summed E-state index contributed by atoms with van der Waals surface area (Å²) in [6, 6.07) is 3.99. The average molecular weight is 293 g/mol. The van der Waals surface area contributed by atoms with Crippen molar-refractivity contribution in [3.05, 3.63) is 17.7 Å². The molecule has 0 aliphatic heterocycles. The predicted molar refractivity (Wildman–Crippen MR) is 79.6 cm³/mol. The van der Waals surface area contributed by atoms with Crippen LogP contribution in [0.2, 0.25) is 0 Å². The second-order valence-corrected chi connectivity index (χ2v) is 5.70. The normalized spacial score (nSPS) is 16.6. The number of aliphatic imine (C=N–C) groups is 1. The molecule has 0 spiro atoms. The van der Waals surface area contributed by atoms with Gasteiger partial charge >= 0.3 is 0 Å². The van der Waals surface area contributed by atoms with Gasteiger partial charge in [-0.05, 0) is 36.8 Å². The Balaban J connectivity index is 2.59. The van der Waals surface area contributed by atoms with Crippen molar-refractivity contribution in [2.24, 2.45) is 4.99 Å². The van der Waals surface area contributed by atoms with E-state index in [4.69, 9.17) is 9.47 Å². The van der Waals surface area contributed by atoms with Gasteiger partial charge in [0.15, 0.2) is 11.5 Å². The zero-order chi connectivity index (χ0) is 14.6.